The maximum absolute atomic E-state index is 14.3. The lowest BCUT2D eigenvalue weighted by molar-refractivity contribution is -0.124. The highest BCUT2D eigenvalue weighted by molar-refractivity contribution is 5.99. The molecule has 2 aliphatic heterocycles. The molecule has 196 valence electrons. The Morgan fingerprint density at radius 2 is 1.86 bits per heavy atom. The van der Waals surface area contributed by atoms with Gasteiger partial charge in [0.15, 0.2) is 0 Å². The first kappa shape index (κ1) is 28.1. The van der Waals surface area contributed by atoms with Gasteiger partial charge in [-0.25, -0.2) is 4.39 Å². The lowest BCUT2D eigenvalue weighted by Crippen LogP contribution is -2.46. The smallest absolute Gasteiger partial charge is 0.251 e. The summed E-state index contributed by atoms with van der Waals surface area (Å²) in [4.78, 5) is 30.3. The van der Waals surface area contributed by atoms with Crippen LogP contribution >= 0.6 is 12.4 Å². The van der Waals surface area contributed by atoms with Crippen LogP contribution in [-0.4, -0.2) is 49.4 Å². The first-order valence-electron chi connectivity index (χ1n) is 12.9. The molecule has 2 aromatic rings. The molecule has 1 N–H and O–H groups in total. The molecule has 1 unspecified atom stereocenters. The lowest BCUT2D eigenvalue weighted by Gasteiger charge is -2.38. The molecule has 5 nitrogen and oxygen atoms in total. The molecule has 2 aliphatic rings. The predicted octanol–water partition coefficient (Wildman–Crippen LogP) is 5.31. The minimum Gasteiger partial charge on any atom is -0.352 e. The van der Waals surface area contributed by atoms with Crippen LogP contribution in [0, 0.1) is 31.5 Å². The molecule has 4 rings (SSSR count). The molecule has 0 radical (unpaired) electrons. The highest BCUT2D eigenvalue weighted by atomic mass is 35.5. The third-order valence-corrected chi connectivity index (χ3v) is 7.74. The van der Waals surface area contributed by atoms with Crippen LogP contribution in [0.25, 0.3) is 0 Å². The molecular weight excluding hydrogens is 477 g/mol. The molecule has 0 aromatic heterocycles. The van der Waals surface area contributed by atoms with E-state index in [1.54, 1.807) is 6.07 Å². The Balaban J connectivity index is 0.00000361. The summed E-state index contributed by atoms with van der Waals surface area (Å²) < 4.78 is 14.3. The number of hydrogen-bond acceptors (Lipinski definition) is 3. The van der Waals surface area contributed by atoms with Gasteiger partial charge in [-0.1, -0.05) is 25.1 Å². The number of piperidine rings is 1. The maximum Gasteiger partial charge on any atom is 0.251 e. The van der Waals surface area contributed by atoms with Crippen LogP contribution in [0.1, 0.15) is 59.7 Å². The van der Waals surface area contributed by atoms with Crippen molar-refractivity contribution in [1.29, 1.82) is 0 Å². The fourth-order valence-electron chi connectivity index (χ4n) is 5.92. The first-order chi connectivity index (χ1) is 16.7. The number of nitrogens with one attached hydrogen (secondary N) is 1. The van der Waals surface area contributed by atoms with Crippen molar-refractivity contribution in [3.8, 4) is 0 Å². The van der Waals surface area contributed by atoms with Gasteiger partial charge in [-0.3, -0.25) is 9.59 Å². The standard InChI is InChI=1S/C29H38FN3O2.ClH/c1-19-15-24(28(34)31-12-11-25-9-7-13-32(25)4)16-20(2)27(19)33-18-22(14-21(3)29(33)35)17-23-8-5-6-10-26(23)30;/h5-6,8,10,15-16,21-22,25H,7,9,11-14,17-18H2,1-4H3,(H,31,34);1H/t21-,22-,25?;/m1./s1. The van der Waals surface area contributed by atoms with Crippen LogP contribution in [0.5, 0.6) is 0 Å². The van der Waals surface area contributed by atoms with Gasteiger partial charge in [-0.15, -0.1) is 12.4 Å². The summed E-state index contributed by atoms with van der Waals surface area (Å²) in [6.07, 6.45) is 4.74. The summed E-state index contributed by atoms with van der Waals surface area (Å²) in [7, 11) is 2.15. The number of hydrogen-bond donors (Lipinski definition) is 1. The second-order valence-electron chi connectivity index (χ2n) is 10.5. The summed E-state index contributed by atoms with van der Waals surface area (Å²) >= 11 is 0. The number of carbonyl (C=O) groups is 2. The van der Waals surface area contributed by atoms with Crippen molar-refractivity contribution >= 4 is 29.9 Å². The Hall–Kier alpha value is -2.44. The van der Waals surface area contributed by atoms with Crippen LogP contribution in [0.3, 0.4) is 0 Å². The van der Waals surface area contributed by atoms with E-state index in [1.165, 1.54) is 18.9 Å². The molecule has 0 aliphatic carbocycles. The highest BCUT2D eigenvalue weighted by Crippen LogP contribution is 2.34. The average Bonchev–Trinajstić information content (AvgIpc) is 3.22. The van der Waals surface area contributed by atoms with E-state index in [4.69, 9.17) is 0 Å². The van der Waals surface area contributed by atoms with Crippen molar-refractivity contribution in [3.05, 3.63) is 64.5 Å². The van der Waals surface area contributed by atoms with Crippen molar-refractivity contribution < 1.29 is 14.0 Å². The topological polar surface area (TPSA) is 52.7 Å². The molecule has 2 saturated heterocycles. The van der Waals surface area contributed by atoms with Gasteiger partial charge in [-0.2, -0.15) is 0 Å². The Labute approximate surface area is 220 Å². The van der Waals surface area contributed by atoms with E-state index in [0.717, 1.165) is 36.2 Å². The SMILES string of the molecule is Cc1cc(C(=O)NCCC2CCCN2C)cc(C)c1N1C[C@@H](Cc2ccccc2F)C[C@@H](C)C1=O.Cl. The Morgan fingerprint density at radius 3 is 2.50 bits per heavy atom. The zero-order chi connectivity index (χ0) is 25.1. The van der Waals surface area contributed by atoms with Crippen molar-refractivity contribution in [3.63, 3.8) is 0 Å². The second kappa shape index (κ2) is 12.2. The predicted molar refractivity (Wildman–Crippen MR) is 145 cm³/mol. The quantitative estimate of drug-likeness (QED) is 0.543. The number of aryl methyl sites for hydroxylation is 2. The number of nitrogens with zero attached hydrogens (tertiary/aromatic N) is 2. The fraction of sp³-hybridized carbons (Fsp3) is 0.517. The fourth-order valence-corrected chi connectivity index (χ4v) is 5.92. The number of benzene rings is 2. The molecule has 3 atom stereocenters. The van der Waals surface area contributed by atoms with Gasteiger partial charge in [0, 0.05) is 36.3 Å². The van der Waals surface area contributed by atoms with E-state index in [-0.39, 0.29) is 41.9 Å². The Morgan fingerprint density at radius 1 is 1.17 bits per heavy atom. The number of rotatable bonds is 7. The van der Waals surface area contributed by atoms with Gasteiger partial charge < -0.3 is 15.1 Å². The van der Waals surface area contributed by atoms with Crippen LogP contribution < -0.4 is 10.2 Å². The third kappa shape index (κ3) is 6.27. The number of carbonyl (C=O) groups excluding carboxylic acids is 2. The number of halogens is 2. The van der Waals surface area contributed by atoms with E-state index in [1.807, 2.05) is 49.9 Å². The van der Waals surface area contributed by atoms with E-state index in [9.17, 15) is 14.0 Å². The minimum absolute atomic E-state index is 0. The van der Waals surface area contributed by atoms with Gasteiger partial charge in [0.25, 0.3) is 5.91 Å². The molecule has 2 heterocycles. The van der Waals surface area contributed by atoms with Crippen molar-refractivity contribution in [2.45, 2.75) is 58.9 Å². The molecular formula is C29H39ClFN3O2. The van der Waals surface area contributed by atoms with E-state index >= 15 is 0 Å². The van der Waals surface area contributed by atoms with Crippen LogP contribution in [0.2, 0.25) is 0 Å². The summed E-state index contributed by atoms with van der Waals surface area (Å²) in [5, 5.41) is 3.07. The molecule has 36 heavy (non-hydrogen) atoms. The summed E-state index contributed by atoms with van der Waals surface area (Å²) in [6, 6.07) is 11.2. The highest BCUT2D eigenvalue weighted by Gasteiger charge is 2.34. The molecule has 2 aromatic carbocycles. The number of anilines is 1. The molecule has 7 heteroatoms. The number of amides is 2. The molecule has 2 amide bonds. The second-order valence-corrected chi connectivity index (χ2v) is 10.5. The zero-order valence-corrected chi connectivity index (χ0v) is 22.7. The molecule has 0 saturated carbocycles. The normalized spacial score (nSPS) is 22.4. The maximum atomic E-state index is 14.3. The monoisotopic (exact) mass is 515 g/mol. The summed E-state index contributed by atoms with van der Waals surface area (Å²) in [6.45, 7) is 8.23. The third-order valence-electron chi connectivity index (χ3n) is 7.74. The van der Waals surface area contributed by atoms with Crippen molar-refractivity contribution in [2.24, 2.45) is 11.8 Å². The first-order valence-corrected chi connectivity index (χ1v) is 12.9. The minimum atomic E-state index is -0.189. The van der Waals surface area contributed by atoms with E-state index < -0.39 is 0 Å². The van der Waals surface area contributed by atoms with E-state index in [0.29, 0.717) is 36.7 Å². The number of likely N-dealkylation sites (tertiary alicyclic amines) is 1. The van der Waals surface area contributed by atoms with E-state index in [2.05, 4.69) is 17.3 Å². The Kier molecular flexibility index (Phi) is 9.53. The van der Waals surface area contributed by atoms with Crippen LogP contribution in [-0.2, 0) is 11.2 Å². The zero-order valence-electron chi connectivity index (χ0n) is 21.9. The largest absolute Gasteiger partial charge is 0.352 e. The molecule has 0 spiro atoms. The summed E-state index contributed by atoms with van der Waals surface area (Å²) in [5.41, 5.74) is 4.03. The average molecular weight is 516 g/mol. The lowest BCUT2D eigenvalue weighted by atomic mass is 9.84. The van der Waals surface area contributed by atoms with Crippen LogP contribution in [0.15, 0.2) is 36.4 Å². The van der Waals surface area contributed by atoms with Crippen molar-refractivity contribution in [2.75, 3.05) is 31.6 Å². The van der Waals surface area contributed by atoms with Crippen LogP contribution in [0.4, 0.5) is 10.1 Å². The Bertz CT molecular complexity index is 1070. The van der Waals surface area contributed by atoms with Gasteiger partial charge in [0.2, 0.25) is 5.91 Å². The van der Waals surface area contributed by atoms with Gasteiger partial charge in [-0.05, 0) is 100 Å². The van der Waals surface area contributed by atoms with Gasteiger partial charge in [0.1, 0.15) is 5.82 Å². The van der Waals surface area contributed by atoms with Crippen molar-refractivity contribution in [1.82, 2.24) is 10.2 Å². The van der Waals surface area contributed by atoms with Gasteiger partial charge >= 0.3 is 0 Å². The molecule has 0 bridgehead atoms. The summed E-state index contributed by atoms with van der Waals surface area (Å²) in [5.74, 6) is -0.116. The molecule has 2 fully saturated rings. The van der Waals surface area contributed by atoms with Gasteiger partial charge in [0.05, 0.1) is 0 Å².